The Hall–Kier alpha value is -1.83. The summed E-state index contributed by atoms with van der Waals surface area (Å²) in [6, 6.07) is 0. The van der Waals surface area contributed by atoms with Crippen LogP contribution in [0.1, 0.15) is 59.3 Å². The van der Waals surface area contributed by atoms with Crippen molar-refractivity contribution in [2.45, 2.75) is 64.9 Å². The number of carbonyl (C=O) groups excluding carboxylic acids is 3. The number of piperidine rings is 1. The molecule has 0 aromatic carbocycles. The summed E-state index contributed by atoms with van der Waals surface area (Å²) >= 11 is 0. The average molecular weight is 437 g/mol. The Balaban J connectivity index is 1.44. The molecule has 3 amide bonds. The van der Waals surface area contributed by atoms with Crippen molar-refractivity contribution in [1.29, 1.82) is 0 Å². The van der Waals surface area contributed by atoms with E-state index in [1.54, 1.807) is 4.90 Å². The van der Waals surface area contributed by atoms with E-state index >= 15 is 0 Å². The molecule has 8 heteroatoms. The smallest absolute Gasteiger partial charge is 0.410 e. The summed E-state index contributed by atoms with van der Waals surface area (Å²) in [6.45, 7) is 11.6. The van der Waals surface area contributed by atoms with Crippen molar-refractivity contribution in [2.75, 3.05) is 58.9 Å². The number of hydrogen-bond donors (Lipinski definition) is 0. The summed E-state index contributed by atoms with van der Waals surface area (Å²) in [5, 5.41) is 0. The van der Waals surface area contributed by atoms with E-state index in [4.69, 9.17) is 4.74 Å². The van der Waals surface area contributed by atoms with Crippen LogP contribution in [0.5, 0.6) is 0 Å². The Bertz CT molecular complexity index is 632. The fourth-order valence-electron chi connectivity index (χ4n) is 4.67. The molecule has 3 heterocycles. The van der Waals surface area contributed by atoms with Gasteiger partial charge in [0.2, 0.25) is 11.8 Å². The number of rotatable bonds is 3. The van der Waals surface area contributed by atoms with Gasteiger partial charge in [-0.3, -0.25) is 14.5 Å². The standard InChI is InChI=1S/C23H40N4O4/c1-23(2,3)31-22(30)27-12-8-9-19(17-27)21(29)26-15-13-24(14-16-26)18-20(28)25-10-6-4-5-7-11-25/h19H,4-18H2,1-3H3. The number of carbonyl (C=O) groups is 3. The van der Waals surface area contributed by atoms with E-state index in [1.807, 2.05) is 30.6 Å². The van der Waals surface area contributed by atoms with Crippen LogP contribution in [0.3, 0.4) is 0 Å². The molecule has 0 radical (unpaired) electrons. The molecule has 3 aliphatic rings. The number of piperazine rings is 1. The quantitative estimate of drug-likeness (QED) is 0.678. The molecule has 0 saturated carbocycles. The van der Waals surface area contributed by atoms with Gasteiger partial charge in [0.25, 0.3) is 0 Å². The molecule has 3 saturated heterocycles. The molecule has 0 aromatic heterocycles. The number of ether oxygens (including phenoxy) is 1. The molecule has 3 rings (SSSR count). The Labute approximate surface area is 186 Å². The van der Waals surface area contributed by atoms with Crippen LogP contribution in [0, 0.1) is 5.92 Å². The topological polar surface area (TPSA) is 73.4 Å². The SMILES string of the molecule is CC(C)(C)OC(=O)N1CCCC(C(=O)N2CCN(CC(=O)N3CCCCCC3)CC2)C1. The first-order chi connectivity index (χ1) is 14.7. The van der Waals surface area contributed by atoms with Crippen LogP contribution < -0.4 is 0 Å². The molecule has 3 aliphatic heterocycles. The van der Waals surface area contributed by atoms with Crippen LogP contribution in [-0.4, -0.2) is 102 Å². The van der Waals surface area contributed by atoms with Gasteiger partial charge < -0.3 is 19.4 Å². The van der Waals surface area contributed by atoms with Crippen LogP contribution in [-0.2, 0) is 14.3 Å². The summed E-state index contributed by atoms with van der Waals surface area (Å²) in [6.07, 6.45) is 5.95. The fourth-order valence-corrected chi connectivity index (χ4v) is 4.67. The minimum atomic E-state index is -0.533. The first-order valence-corrected chi connectivity index (χ1v) is 12.0. The van der Waals surface area contributed by atoms with Crippen LogP contribution in [0.25, 0.3) is 0 Å². The van der Waals surface area contributed by atoms with E-state index in [1.165, 1.54) is 12.8 Å². The largest absolute Gasteiger partial charge is 0.444 e. The van der Waals surface area contributed by atoms with Gasteiger partial charge in [-0.2, -0.15) is 0 Å². The molecule has 176 valence electrons. The number of hydrogen-bond acceptors (Lipinski definition) is 5. The van der Waals surface area contributed by atoms with E-state index in [0.717, 1.165) is 51.9 Å². The number of nitrogens with zero attached hydrogens (tertiary/aromatic N) is 4. The summed E-state index contributed by atoms with van der Waals surface area (Å²) in [4.78, 5) is 45.9. The van der Waals surface area contributed by atoms with Gasteiger partial charge in [0, 0.05) is 52.4 Å². The third kappa shape index (κ3) is 7.09. The van der Waals surface area contributed by atoms with Gasteiger partial charge in [0.05, 0.1) is 12.5 Å². The third-order valence-electron chi connectivity index (χ3n) is 6.42. The van der Waals surface area contributed by atoms with Gasteiger partial charge in [-0.15, -0.1) is 0 Å². The van der Waals surface area contributed by atoms with Crippen molar-refractivity contribution in [1.82, 2.24) is 19.6 Å². The molecule has 8 nitrogen and oxygen atoms in total. The molecule has 0 N–H and O–H groups in total. The molecule has 0 spiro atoms. The highest BCUT2D eigenvalue weighted by molar-refractivity contribution is 5.80. The van der Waals surface area contributed by atoms with Crippen LogP contribution in [0.2, 0.25) is 0 Å². The van der Waals surface area contributed by atoms with Crippen molar-refractivity contribution in [3.05, 3.63) is 0 Å². The Kier molecular flexibility index (Phi) is 8.19. The van der Waals surface area contributed by atoms with Gasteiger partial charge in [-0.1, -0.05) is 12.8 Å². The van der Waals surface area contributed by atoms with E-state index in [0.29, 0.717) is 32.7 Å². The summed E-state index contributed by atoms with van der Waals surface area (Å²) < 4.78 is 5.48. The van der Waals surface area contributed by atoms with Crippen LogP contribution in [0.15, 0.2) is 0 Å². The first kappa shape index (κ1) is 23.8. The van der Waals surface area contributed by atoms with Crippen molar-refractivity contribution in [3.8, 4) is 0 Å². The molecular weight excluding hydrogens is 396 g/mol. The highest BCUT2D eigenvalue weighted by atomic mass is 16.6. The minimum Gasteiger partial charge on any atom is -0.444 e. The normalized spacial score (nSPS) is 24.0. The molecule has 0 aromatic rings. The zero-order valence-electron chi connectivity index (χ0n) is 19.6. The second-order valence-corrected chi connectivity index (χ2v) is 10.2. The molecule has 1 unspecified atom stereocenters. The van der Waals surface area contributed by atoms with E-state index in [-0.39, 0.29) is 23.8 Å². The highest BCUT2D eigenvalue weighted by Gasteiger charge is 2.34. The molecule has 31 heavy (non-hydrogen) atoms. The first-order valence-electron chi connectivity index (χ1n) is 12.0. The van der Waals surface area contributed by atoms with Gasteiger partial charge in [0.15, 0.2) is 0 Å². The van der Waals surface area contributed by atoms with Gasteiger partial charge in [-0.25, -0.2) is 4.79 Å². The average Bonchev–Trinajstić information content (AvgIpc) is 3.02. The monoisotopic (exact) mass is 436 g/mol. The molecule has 0 bridgehead atoms. The van der Waals surface area contributed by atoms with Crippen molar-refractivity contribution in [3.63, 3.8) is 0 Å². The zero-order chi connectivity index (χ0) is 22.4. The second kappa shape index (κ2) is 10.7. The van der Waals surface area contributed by atoms with Crippen LogP contribution in [0.4, 0.5) is 4.79 Å². The Morgan fingerprint density at radius 3 is 2.00 bits per heavy atom. The Morgan fingerprint density at radius 1 is 0.774 bits per heavy atom. The maximum absolute atomic E-state index is 13.1. The van der Waals surface area contributed by atoms with Crippen LogP contribution >= 0.6 is 0 Å². The van der Waals surface area contributed by atoms with E-state index < -0.39 is 5.60 Å². The minimum absolute atomic E-state index is 0.131. The predicted octanol–water partition coefficient (Wildman–Crippen LogP) is 2.18. The highest BCUT2D eigenvalue weighted by Crippen LogP contribution is 2.22. The third-order valence-corrected chi connectivity index (χ3v) is 6.42. The lowest BCUT2D eigenvalue weighted by molar-refractivity contribution is -0.139. The van der Waals surface area contributed by atoms with Crippen molar-refractivity contribution in [2.24, 2.45) is 5.92 Å². The lowest BCUT2D eigenvalue weighted by Gasteiger charge is -2.39. The Morgan fingerprint density at radius 2 is 1.39 bits per heavy atom. The van der Waals surface area contributed by atoms with E-state index in [9.17, 15) is 14.4 Å². The van der Waals surface area contributed by atoms with Gasteiger partial charge in [-0.05, 0) is 46.5 Å². The maximum Gasteiger partial charge on any atom is 0.410 e. The zero-order valence-corrected chi connectivity index (χ0v) is 19.6. The van der Waals surface area contributed by atoms with Crippen molar-refractivity contribution >= 4 is 17.9 Å². The van der Waals surface area contributed by atoms with Crippen molar-refractivity contribution < 1.29 is 19.1 Å². The predicted molar refractivity (Wildman–Crippen MR) is 119 cm³/mol. The summed E-state index contributed by atoms with van der Waals surface area (Å²) in [5.41, 5.74) is -0.533. The fraction of sp³-hybridized carbons (Fsp3) is 0.870. The summed E-state index contributed by atoms with van der Waals surface area (Å²) in [7, 11) is 0. The molecular formula is C23H40N4O4. The summed E-state index contributed by atoms with van der Waals surface area (Å²) in [5.74, 6) is 0.195. The maximum atomic E-state index is 13.1. The molecule has 1 atom stereocenters. The van der Waals surface area contributed by atoms with Gasteiger partial charge >= 0.3 is 6.09 Å². The molecule has 3 fully saturated rings. The number of amides is 3. The lowest BCUT2D eigenvalue weighted by atomic mass is 9.96. The molecule has 0 aliphatic carbocycles. The van der Waals surface area contributed by atoms with E-state index in [2.05, 4.69) is 4.90 Å². The van der Waals surface area contributed by atoms with Gasteiger partial charge in [0.1, 0.15) is 5.60 Å². The lowest BCUT2D eigenvalue weighted by Crippen LogP contribution is -2.54. The second-order valence-electron chi connectivity index (χ2n) is 10.2. The number of likely N-dealkylation sites (tertiary alicyclic amines) is 2.